The summed E-state index contributed by atoms with van der Waals surface area (Å²) >= 11 is 1.67. The average molecular weight is 368 g/mol. The lowest BCUT2D eigenvalue weighted by atomic mass is 10.2. The molecular formula is C20H20N2O3S. The summed E-state index contributed by atoms with van der Waals surface area (Å²) in [6, 6.07) is 17.2. The van der Waals surface area contributed by atoms with Gasteiger partial charge in [0.25, 0.3) is 5.91 Å². The summed E-state index contributed by atoms with van der Waals surface area (Å²) in [6.45, 7) is 0.352. The fourth-order valence-corrected chi connectivity index (χ4v) is 3.48. The molecule has 1 N–H and O–H groups in total. The highest BCUT2D eigenvalue weighted by Gasteiger charge is 2.13. The number of carbonyl (C=O) groups excluding carboxylic acids is 2. The maximum Gasteiger partial charge on any atom is 0.258 e. The maximum atomic E-state index is 12.3. The number of para-hydroxylation sites is 1. The first-order valence-corrected chi connectivity index (χ1v) is 9.15. The second-order valence-corrected chi connectivity index (χ2v) is 6.80. The predicted octanol–water partition coefficient (Wildman–Crippen LogP) is 3.05. The van der Waals surface area contributed by atoms with Crippen LogP contribution in [0.3, 0.4) is 0 Å². The minimum absolute atomic E-state index is 0.0461. The lowest BCUT2D eigenvalue weighted by molar-refractivity contribution is -0.132. The second-order valence-electron chi connectivity index (χ2n) is 5.89. The van der Waals surface area contributed by atoms with E-state index in [0.29, 0.717) is 12.3 Å². The van der Waals surface area contributed by atoms with E-state index in [-0.39, 0.29) is 25.0 Å². The van der Waals surface area contributed by atoms with Crippen molar-refractivity contribution in [3.63, 3.8) is 0 Å². The van der Waals surface area contributed by atoms with E-state index in [1.54, 1.807) is 35.4 Å². The summed E-state index contributed by atoms with van der Waals surface area (Å²) in [6.07, 6.45) is 0. The molecule has 0 aliphatic heterocycles. The molecule has 2 amide bonds. The van der Waals surface area contributed by atoms with Gasteiger partial charge in [0.2, 0.25) is 5.91 Å². The van der Waals surface area contributed by atoms with Crippen LogP contribution in [-0.4, -0.2) is 36.9 Å². The first-order valence-electron chi connectivity index (χ1n) is 8.27. The molecule has 0 bridgehead atoms. The van der Waals surface area contributed by atoms with Crippen molar-refractivity contribution in [2.75, 3.05) is 20.2 Å². The third-order valence-corrected chi connectivity index (χ3v) is 4.96. The van der Waals surface area contributed by atoms with Crippen LogP contribution in [0.25, 0.3) is 10.1 Å². The average Bonchev–Trinajstić information content (AvgIpc) is 3.08. The number of fused-ring (bicyclic) bond motifs is 1. The number of hydrogen-bond donors (Lipinski definition) is 1. The van der Waals surface area contributed by atoms with Crippen LogP contribution < -0.4 is 10.1 Å². The zero-order valence-electron chi connectivity index (χ0n) is 14.5. The topological polar surface area (TPSA) is 58.6 Å². The molecule has 1 aromatic heterocycles. The van der Waals surface area contributed by atoms with Crippen LogP contribution in [0, 0.1) is 0 Å². The molecule has 1 heterocycles. The highest BCUT2D eigenvalue weighted by atomic mass is 32.1. The number of benzene rings is 2. The molecule has 0 saturated carbocycles. The fraction of sp³-hybridized carbons (Fsp3) is 0.200. The summed E-state index contributed by atoms with van der Waals surface area (Å²) in [5, 5.41) is 5.83. The third-order valence-electron chi connectivity index (χ3n) is 3.94. The van der Waals surface area contributed by atoms with E-state index < -0.39 is 0 Å². The van der Waals surface area contributed by atoms with Gasteiger partial charge >= 0.3 is 0 Å². The monoisotopic (exact) mass is 368 g/mol. The molecule has 2 aromatic carbocycles. The van der Waals surface area contributed by atoms with Crippen LogP contribution in [0.15, 0.2) is 60.0 Å². The van der Waals surface area contributed by atoms with E-state index in [1.165, 1.54) is 4.70 Å². The Kier molecular flexibility index (Phi) is 5.86. The van der Waals surface area contributed by atoms with Crippen LogP contribution in [-0.2, 0) is 16.1 Å². The number of likely N-dealkylation sites (N-methyl/N-ethyl adjacent to an activating group) is 1. The van der Waals surface area contributed by atoms with E-state index in [1.807, 2.05) is 30.3 Å². The Hall–Kier alpha value is -2.86. The molecule has 26 heavy (non-hydrogen) atoms. The Morgan fingerprint density at radius 3 is 2.62 bits per heavy atom. The molecule has 3 rings (SSSR count). The predicted molar refractivity (Wildman–Crippen MR) is 103 cm³/mol. The summed E-state index contributed by atoms with van der Waals surface area (Å²) in [5.74, 6) is 0.153. The van der Waals surface area contributed by atoms with E-state index in [0.717, 1.165) is 10.9 Å². The van der Waals surface area contributed by atoms with Crippen LogP contribution in [0.5, 0.6) is 5.75 Å². The summed E-state index contributed by atoms with van der Waals surface area (Å²) in [5.41, 5.74) is 1.11. The molecule has 0 aliphatic carbocycles. The van der Waals surface area contributed by atoms with Gasteiger partial charge in [0, 0.05) is 18.3 Å². The molecule has 3 aromatic rings. The Morgan fingerprint density at radius 2 is 1.81 bits per heavy atom. The molecule has 0 aliphatic rings. The van der Waals surface area contributed by atoms with Crippen molar-refractivity contribution in [1.82, 2.24) is 10.2 Å². The molecule has 6 heteroatoms. The minimum Gasteiger partial charge on any atom is -0.484 e. The summed E-state index contributed by atoms with van der Waals surface area (Å²) < 4.78 is 6.56. The van der Waals surface area contributed by atoms with Gasteiger partial charge in [-0.2, -0.15) is 0 Å². The van der Waals surface area contributed by atoms with Gasteiger partial charge in [-0.25, -0.2) is 0 Å². The van der Waals surface area contributed by atoms with Crippen LogP contribution in [0.1, 0.15) is 5.56 Å². The lowest BCUT2D eigenvalue weighted by Gasteiger charge is -2.17. The van der Waals surface area contributed by atoms with Gasteiger partial charge in [0.05, 0.1) is 6.54 Å². The van der Waals surface area contributed by atoms with Gasteiger partial charge in [0.15, 0.2) is 6.61 Å². The highest BCUT2D eigenvalue weighted by Crippen LogP contribution is 2.26. The Balaban J connectivity index is 1.46. The molecule has 0 fully saturated rings. The van der Waals surface area contributed by atoms with Gasteiger partial charge in [-0.1, -0.05) is 36.4 Å². The van der Waals surface area contributed by atoms with Crippen molar-refractivity contribution in [2.24, 2.45) is 0 Å². The number of rotatable bonds is 7. The quantitative estimate of drug-likeness (QED) is 0.697. The van der Waals surface area contributed by atoms with Gasteiger partial charge in [-0.3, -0.25) is 9.59 Å². The molecular weight excluding hydrogens is 348 g/mol. The SMILES string of the molecule is CN(Cc1csc2ccccc12)C(=O)CNC(=O)COc1ccccc1. The first kappa shape index (κ1) is 17.9. The van der Waals surface area contributed by atoms with Crippen molar-refractivity contribution < 1.29 is 14.3 Å². The largest absolute Gasteiger partial charge is 0.484 e. The Labute approximate surface area is 156 Å². The van der Waals surface area contributed by atoms with Crippen molar-refractivity contribution in [3.8, 4) is 5.75 Å². The van der Waals surface area contributed by atoms with E-state index >= 15 is 0 Å². The highest BCUT2D eigenvalue weighted by molar-refractivity contribution is 7.17. The summed E-state index contributed by atoms with van der Waals surface area (Å²) in [7, 11) is 1.74. The number of amides is 2. The number of thiophene rings is 1. The van der Waals surface area contributed by atoms with Crippen molar-refractivity contribution in [1.29, 1.82) is 0 Å². The normalized spacial score (nSPS) is 10.5. The number of ether oxygens (including phenoxy) is 1. The second kappa shape index (κ2) is 8.49. The third kappa shape index (κ3) is 4.61. The van der Waals surface area contributed by atoms with Crippen molar-refractivity contribution in [2.45, 2.75) is 6.54 Å². The molecule has 5 nitrogen and oxygen atoms in total. The molecule has 0 atom stereocenters. The maximum absolute atomic E-state index is 12.3. The van der Waals surface area contributed by atoms with Crippen LogP contribution >= 0.6 is 11.3 Å². The van der Waals surface area contributed by atoms with Crippen molar-refractivity contribution in [3.05, 3.63) is 65.5 Å². The fourth-order valence-electron chi connectivity index (χ4n) is 2.52. The number of hydrogen-bond acceptors (Lipinski definition) is 4. The van der Waals surface area contributed by atoms with Crippen LogP contribution in [0.2, 0.25) is 0 Å². The van der Waals surface area contributed by atoms with Gasteiger partial charge in [-0.05, 0) is 34.5 Å². The standard InChI is InChI=1S/C20H20N2O3S/c1-22(12-15-14-26-18-10-6-5-9-17(15)18)20(24)11-21-19(23)13-25-16-7-3-2-4-8-16/h2-10,14H,11-13H2,1H3,(H,21,23). The van der Waals surface area contributed by atoms with Gasteiger partial charge < -0.3 is 15.0 Å². The molecule has 0 spiro atoms. The zero-order valence-corrected chi connectivity index (χ0v) is 15.3. The van der Waals surface area contributed by atoms with Crippen LogP contribution in [0.4, 0.5) is 0 Å². The smallest absolute Gasteiger partial charge is 0.258 e. The summed E-state index contributed by atoms with van der Waals surface area (Å²) in [4.78, 5) is 25.7. The lowest BCUT2D eigenvalue weighted by Crippen LogP contribution is -2.39. The molecule has 0 unspecified atom stereocenters. The Morgan fingerprint density at radius 1 is 1.08 bits per heavy atom. The van der Waals surface area contributed by atoms with E-state index in [2.05, 4.69) is 22.8 Å². The number of nitrogens with one attached hydrogen (secondary N) is 1. The minimum atomic E-state index is -0.323. The van der Waals surface area contributed by atoms with Crippen molar-refractivity contribution >= 4 is 33.2 Å². The first-order chi connectivity index (χ1) is 12.6. The molecule has 0 radical (unpaired) electrons. The van der Waals surface area contributed by atoms with Gasteiger partial charge in [0.1, 0.15) is 5.75 Å². The zero-order chi connectivity index (χ0) is 18.4. The molecule has 134 valence electrons. The number of nitrogens with zero attached hydrogens (tertiary/aromatic N) is 1. The van der Waals surface area contributed by atoms with Gasteiger partial charge in [-0.15, -0.1) is 11.3 Å². The molecule has 0 saturated heterocycles. The Bertz CT molecular complexity index is 892. The number of carbonyl (C=O) groups is 2. The van der Waals surface area contributed by atoms with E-state index in [4.69, 9.17) is 4.74 Å². The van der Waals surface area contributed by atoms with E-state index in [9.17, 15) is 9.59 Å².